The molecule has 0 bridgehead atoms. The lowest BCUT2D eigenvalue weighted by Gasteiger charge is -2.35. The fourth-order valence-electron chi connectivity index (χ4n) is 6.80. The topological polar surface area (TPSA) is 136 Å². The Morgan fingerprint density at radius 1 is 1.13 bits per heavy atom. The van der Waals surface area contributed by atoms with Gasteiger partial charge in [0.05, 0.1) is 55.9 Å². The lowest BCUT2D eigenvalue weighted by molar-refractivity contribution is -0.137. The maximum Gasteiger partial charge on any atom is 0.253 e. The van der Waals surface area contributed by atoms with E-state index in [1.807, 2.05) is 0 Å². The highest BCUT2D eigenvalue weighted by Crippen LogP contribution is 2.47. The van der Waals surface area contributed by atoms with Crippen molar-refractivity contribution in [3.63, 3.8) is 0 Å². The van der Waals surface area contributed by atoms with E-state index in [9.17, 15) is 19.5 Å². The monoisotopic (exact) mass is 662 g/mol. The van der Waals surface area contributed by atoms with Crippen LogP contribution in [0.5, 0.6) is 0 Å². The molecule has 0 aromatic heterocycles. The molecule has 47 heavy (non-hydrogen) atoms. The third kappa shape index (κ3) is 12.2. The quantitative estimate of drug-likeness (QED) is 0.0816. The number of nitrogens with zero attached hydrogens (tertiary/aromatic N) is 1. The van der Waals surface area contributed by atoms with Crippen LogP contribution in [-0.4, -0.2) is 110 Å². The predicted molar refractivity (Wildman–Crippen MR) is 178 cm³/mol. The summed E-state index contributed by atoms with van der Waals surface area (Å²) in [5, 5.41) is 13.0. The minimum Gasteiger partial charge on any atom is -0.391 e. The molecule has 2 saturated heterocycles. The van der Waals surface area contributed by atoms with Gasteiger partial charge >= 0.3 is 0 Å². The number of hydrogen-bond acceptors (Lipinski definition) is 9. The Bertz CT molecular complexity index is 1100. The van der Waals surface area contributed by atoms with Crippen LogP contribution in [0, 0.1) is 17.8 Å². The van der Waals surface area contributed by atoms with E-state index in [2.05, 4.69) is 58.2 Å². The highest BCUT2D eigenvalue weighted by Gasteiger charge is 2.56. The number of amides is 3. The highest BCUT2D eigenvalue weighted by molar-refractivity contribution is 6.12. The zero-order valence-electron chi connectivity index (χ0n) is 29.4. The Morgan fingerprint density at radius 3 is 2.47 bits per heavy atom. The molecule has 266 valence electrons. The number of nitrogens with one attached hydrogen (secondary N) is 1. The Balaban J connectivity index is 1.28. The standard InChI is InChI=1S/C36H58N2O9/c1-24(22-36(6)35(47-36)27(4)34(43-7)28(5)39)10-8-11-25(2)33-26(3)12-13-29(46-33)23-37-30(40)16-19-45-21-20-44-18-9-17-38-31(41)14-15-32(38)42/h8,10-11,14-15,24,26-29,33-35,39H,9,12-13,16-23H2,1-7H3,(H,37,40)/b10-8+,25-11+/t24-,26+,27-,28-,29-,33-,34-,35-,36-/m1/s1. The first-order valence-electron chi connectivity index (χ1n) is 17.2. The number of hydrogen-bond donors (Lipinski definition) is 2. The van der Waals surface area contributed by atoms with Gasteiger partial charge in [0.15, 0.2) is 0 Å². The van der Waals surface area contributed by atoms with Crippen molar-refractivity contribution < 1.29 is 43.2 Å². The summed E-state index contributed by atoms with van der Waals surface area (Å²) >= 11 is 0. The normalized spacial score (nSPS) is 28.9. The van der Waals surface area contributed by atoms with E-state index in [0.29, 0.717) is 57.8 Å². The average Bonchev–Trinajstić information content (AvgIpc) is 3.59. The second-order valence-electron chi connectivity index (χ2n) is 13.7. The molecule has 0 spiro atoms. The summed E-state index contributed by atoms with van der Waals surface area (Å²) in [4.78, 5) is 36.6. The van der Waals surface area contributed by atoms with Crippen LogP contribution in [0.15, 0.2) is 36.0 Å². The van der Waals surface area contributed by atoms with Crippen molar-refractivity contribution in [1.29, 1.82) is 0 Å². The van der Waals surface area contributed by atoms with Gasteiger partial charge in [0.1, 0.15) is 0 Å². The number of aliphatic hydroxyl groups excluding tert-OH is 1. The summed E-state index contributed by atoms with van der Waals surface area (Å²) in [5.41, 5.74) is 0.954. The molecule has 0 unspecified atom stereocenters. The van der Waals surface area contributed by atoms with Crippen molar-refractivity contribution in [2.24, 2.45) is 17.8 Å². The Hall–Kier alpha value is -2.41. The largest absolute Gasteiger partial charge is 0.391 e. The third-order valence-electron chi connectivity index (χ3n) is 9.40. The molecule has 11 nitrogen and oxygen atoms in total. The minimum atomic E-state index is -0.544. The SMILES string of the molecule is CO[C@H]([C@@H](C)[C@H]1O[C@]1(C)C[C@H](C)/C=C/C=C(\C)[C@H]1O[C@@H](CNC(=O)CCOCCOCCCN2C(=O)C=CC2=O)CC[C@@H]1C)[C@@H](C)O. The Morgan fingerprint density at radius 2 is 1.81 bits per heavy atom. The molecule has 3 rings (SSSR count). The van der Waals surface area contributed by atoms with Gasteiger partial charge in [-0.15, -0.1) is 0 Å². The predicted octanol–water partition coefficient (Wildman–Crippen LogP) is 3.74. The van der Waals surface area contributed by atoms with Crippen LogP contribution in [0.4, 0.5) is 0 Å². The molecule has 2 fully saturated rings. The molecule has 0 radical (unpaired) electrons. The molecule has 0 aromatic rings. The van der Waals surface area contributed by atoms with Gasteiger partial charge < -0.3 is 34.1 Å². The van der Waals surface area contributed by atoms with Crippen molar-refractivity contribution in [2.45, 2.75) is 110 Å². The van der Waals surface area contributed by atoms with Crippen molar-refractivity contribution in [2.75, 3.05) is 46.6 Å². The van der Waals surface area contributed by atoms with Gasteiger partial charge in [0.25, 0.3) is 11.8 Å². The summed E-state index contributed by atoms with van der Waals surface area (Å²) in [7, 11) is 1.64. The lowest BCUT2D eigenvalue weighted by Crippen LogP contribution is -2.41. The maximum absolute atomic E-state index is 12.4. The number of imide groups is 1. The highest BCUT2D eigenvalue weighted by atomic mass is 16.6. The number of allylic oxidation sites excluding steroid dienone is 3. The molecule has 0 aliphatic carbocycles. The van der Waals surface area contributed by atoms with Crippen molar-refractivity contribution in [1.82, 2.24) is 10.2 Å². The van der Waals surface area contributed by atoms with E-state index in [4.69, 9.17) is 23.7 Å². The Kier molecular flexibility index (Phi) is 15.7. The van der Waals surface area contributed by atoms with Crippen LogP contribution in [0.3, 0.4) is 0 Å². The first-order chi connectivity index (χ1) is 22.4. The van der Waals surface area contributed by atoms with E-state index in [1.54, 1.807) is 14.0 Å². The number of carbonyl (C=O) groups is 3. The number of epoxide rings is 1. The molecule has 0 aromatic carbocycles. The number of aliphatic hydroxyl groups is 1. The first-order valence-corrected chi connectivity index (χ1v) is 17.2. The van der Waals surface area contributed by atoms with Gasteiger partial charge in [-0.05, 0) is 63.9 Å². The van der Waals surface area contributed by atoms with Gasteiger partial charge in [-0.1, -0.05) is 39.0 Å². The van der Waals surface area contributed by atoms with Crippen LogP contribution in [0.2, 0.25) is 0 Å². The molecule has 3 amide bonds. The number of rotatable bonds is 21. The van der Waals surface area contributed by atoms with E-state index >= 15 is 0 Å². The van der Waals surface area contributed by atoms with E-state index in [1.165, 1.54) is 22.6 Å². The third-order valence-corrected chi connectivity index (χ3v) is 9.40. The molecule has 2 N–H and O–H groups in total. The van der Waals surface area contributed by atoms with E-state index in [0.717, 1.165) is 19.3 Å². The van der Waals surface area contributed by atoms with Gasteiger partial charge in [-0.25, -0.2) is 0 Å². The first kappa shape index (κ1) is 39.0. The molecular formula is C36H58N2O9. The number of carbonyl (C=O) groups excluding carboxylic acids is 3. The van der Waals surface area contributed by atoms with E-state index in [-0.39, 0.29) is 60.1 Å². The van der Waals surface area contributed by atoms with Crippen molar-refractivity contribution in [3.8, 4) is 0 Å². The van der Waals surface area contributed by atoms with Gasteiger partial charge in [0.2, 0.25) is 5.91 Å². The molecule has 3 aliphatic heterocycles. The average molecular weight is 663 g/mol. The molecule has 11 heteroatoms. The second-order valence-corrected chi connectivity index (χ2v) is 13.7. The van der Waals surface area contributed by atoms with E-state index < -0.39 is 6.10 Å². The number of methoxy groups -OCH3 is 1. The molecular weight excluding hydrogens is 604 g/mol. The maximum atomic E-state index is 12.4. The summed E-state index contributed by atoms with van der Waals surface area (Å²) in [5.74, 6) is 0.180. The number of ether oxygens (including phenoxy) is 5. The Labute approximate surface area is 281 Å². The van der Waals surface area contributed by atoms with Crippen LogP contribution in [0.1, 0.15) is 73.6 Å². The van der Waals surface area contributed by atoms with Crippen LogP contribution >= 0.6 is 0 Å². The molecule has 9 atom stereocenters. The van der Waals surface area contributed by atoms with Gasteiger partial charge in [-0.2, -0.15) is 0 Å². The smallest absolute Gasteiger partial charge is 0.253 e. The second kappa shape index (κ2) is 19.0. The zero-order chi connectivity index (χ0) is 34.6. The fourth-order valence-corrected chi connectivity index (χ4v) is 6.80. The molecule has 0 saturated carbocycles. The lowest BCUT2D eigenvalue weighted by atomic mass is 9.85. The summed E-state index contributed by atoms with van der Waals surface area (Å²) in [6, 6.07) is 0. The zero-order valence-corrected chi connectivity index (χ0v) is 29.4. The minimum absolute atomic E-state index is 0.00268. The molecule has 3 heterocycles. The van der Waals surface area contributed by atoms with Crippen LogP contribution in [0.25, 0.3) is 0 Å². The molecule has 3 aliphatic rings. The van der Waals surface area contributed by atoms with Gasteiger partial charge in [0, 0.05) is 51.3 Å². The van der Waals surface area contributed by atoms with Crippen LogP contribution < -0.4 is 5.32 Å². The van der Waals surface area contributed by atoms with Gasteiger partial charge in [-0.3, -0.25) is 19.3 Å². The fraction of sp³-hybridized carbons (Fsp3) is 0.750. The summed E-state index contributed by atoms with van der Waals surface area (Å²) < 4.78 is 29.0. The summed E-state index contributed by atoms with van der Waals surface area (Å²) in [6.07, 6.45) is 11.9. The van der Waals surface area contributed by atoms with Crippen LogP contribution in [-0.2, 0) is 38.1 Å². The van der Waals surface area contributed by atoms with Crippen molar-refractivity contribution >= 4 is 17.7 Å². The summed E-state index contributed by atoms with van der Waals surface area (Å²) in [6.45, 7) is 14.8. The van der Waals surface area contributed by atoms with Crippen molar-refractivity contribution in [3.05, 3.63) is 36.0 Å².